The van der Waals surface area contributed by atoms with Gasteiger partial charge in [-0.15, -0.1) is 0 Å². The minimum absolute atomic E-state index is 0.0386. The standard InChI is InChI=1S/C24H25Cl2F3N2O3S/c1-5-15(4)35(33,6-2)31-22(32)20-8-7-16(9-14(20)3)21-13-23(34-30-21,24(27,28)29)17-10-18(25)12-19(26)11-17/h7-12,15H,5-6,13H2,1-4H3. The highest BCUT2D eigenvalue weighted by molar-refractivity contribution is 7.94. The Kier molecular flexibility index (Phi) is 7.94. The molecular weight excluding hydrogens is 524 g/mol. The van der Waals surface area contributed by atoms with Gasteiger partial charge >= 0.3 is 6.18 Å². The van der Waals surface area contributed by atoms with Crippen molar-refractivity contribution in [3.8, 4) is 0 Å². The number of rotatable bonds is 6. The Labute approximate surface area is 212 Å². The maximum atomic E-state index is 14.2. The van der Waals surface area contributed by atoms with E-state index in [0.717, 1.165) is 12.1 Å². The molecular formula is C24H25Cl2F3N2O3S. The SMILES string of the molecule is CCC(C)S(=O)(CC)=NC(=O)c1ccc(C2=NOC(c3cc(Cl)cc(Cl)c3)(C(F)(F)F)C2)cc1C. The predicted molar refractivity (Wildman–Crippen MR) is 133 cm³/mol. The number of nitrogens with zero attached hydrogens (tertiary/aromatic N) is 2. The van der Waals surface area contributed by atoms with Gasteiger partial charge in [0.15, 0.2) is 0 Å². The summed E-state index contributed by atoms with van der Waals surface area (Å²) in [6, 6.07) is 8.10. The van der Waals surface area contributed by atoms with Gasteiger partial charge in [-0.05, 0) is 61.7 Å². The summed E-state index contributed by atoms with van der Waals surface area (Å²) in [5, 5.41) is 3.56. The van der Waals surface area contributed by atoms with Gasteiger partial charge in [0.1, 0.15) is 0 Å². The number of oxime groups is 1. The Morgan fingerprint density at radius 1 is 1.20 bits per heavy atom. The zero-order chi connectivity index (χ0) is 26.2. The van der Waals surface area contributed by atoms with Gasteiger partial charge in [0.05, 0.1) is 15.4 Å². The second-order valence-electron chi connectivity index (χ2n) is 8.41. The van der Waals surface area contributed by atoms with Gasteiger partial charge in [0.25, 0.3) is 11.5 Å². The smallest absolute Gasteiger partial charge is 0.374 e. The molecule has 0 fully saturated rings. The summed E-state index contributed by atoms with van der Waals surface area (Å²) in [5.74, 6) is -0.379. The molecule has 0 spiro atoms. The van der Waals surface area contributed by atoms with Crippen molar-refractivity contribution in [2.24, 2.45) is 9.52 Å². The van der Waals surface area contributed by atoms with E-state index in [1.807, 2.05) is 6.92 Å². The van der Waals surface area contributed by atoms with Crippen LogP contribution in [0.5, 0.6) is 0 Å². The van der Waals surface area contributed by atoms with Crippen LogP contribution < -0.4 is 0 Å². The zero-order valence-electron chi connectivity index (χ0n) is 19.6. The van der Waals surface area contributed by atoms with Crippen molar-refractivity contribution in [2.45, 2.75) is 57.6 Å². The highest BCUT2D eigenvalue weighted by Crippen LogP contribution is 2.49. The summed E-state index contributed by atoms with van der Waals surface area (Å²) in [4.78, 5) is 17.8. The molecule has 3 atom stereocenters. The van der Waals surface area contributed by atoms with Crippen molar-refractivity contribution >= 4 is 44.5 Å². The quantitative estimate of drug-likeness (QED) is 0.380. The Balaban J connectivity index is 1.96. The lowest BCUT2D eigenvalue weighted by Crippen LogP contribution is -2.42. The van der Waals surface area contributed by atoms with Gasteiger partial charge < -0.3 is 4.84 Å². The van der Waals surface area contributed by atoms with Crippen LogP contribution in [-0.2, 0) is 20.2 Å². The van der Waals surface area contributed by atoms with Gasteiger partial charge in [-0.1, -0.05) is 48.3 Å². The number of aryl methyl sites for hydroxylation is 1. The molecule has 0 saturated carbocycles. The third-order valence-electron chi connectivity index (χ3n) is 6.16. The van der Waals surface area contributed by atoms with E-state index >= 15 is 0 Å². The van der Waals surface area contributed by atoms with Crippen LogP contribution in [-0.4, -0.2) is 33.0 Å². The molecule has 35 heavy (non-hydrogen) atoms. The molecule has 5 nitrogen and oxygen atoms in total. The number of amides is 1. The molecule has 0 aliphatic carbocycles. The van der Waals surface area contributed by atoms with E-state index in [4.69, 9.17) is 28.0 Å². The minimum atomic E-state index is -4.81. The van der Waals surface area contributed by atoms with E-state index in [9.17, 15) is 22.2 Å². The molecule has 0 aromatic heterocycles. The Bertz CT molecular complexity index is 1280. The maximum absolute atomic E-state index is 14.2. The van der Waals surface area contributed by atoms with E-state index < -0.39 is 33.8 Å². The lowest BCUT2D eigenvalue weighted by Gasteiger charge is -2.29. The van der Waals surface area contributed by atoms with Gasteiger partial charge in [-0.25, -0.2) is 4.21 Å². The van der Waals surface area contributed by atoms with E-state index in [2.05, 4.69) is 9.52 Å². The van der Waals surface area contributed by atoms with Crippen LogP contribution in [0.3, 0.4) is 0 Å². The molecule has 0 radical (unpaired) electrons. The molecule has 3 rings (SSSR count). The number of hydrogen-bond donors (Lipinski definition) is 0. The molecule has 0 saturated heterocycles. The summed E-state index contributed by atoms with van der Waals surface area (Å²) in [5.41, 5.74) is -1.91. The summed E-state index contributed by atoms with van der Waals surface area (Å²) in [6.45, 7) is 7.02. The average molecular weight is 549 g/mol. The first kappa shape index (κ1) is 27.5. The summed E-state index contributed by atoms with van der Waals surface area (Å²) in [6.07, 6.45) is -4.81. The van der Waals surface area contributed by atoms with Gasteiger partial charge in [0, 0.05) is 38.6 Å². The first-order valence-corrected chi connectivity index (χ1v) is 13.4. The average Bonchev–Trinajstić information content (AvgIpc) is 3.24. The summed E-state index contributed by atoms with van der Waals surface area (Å²) in [7, 11) is -2.73. The van der Waals surface area contributed by atoms with Crippen LogP contribution in [0.15, 0.2) is 45.9 Å². The molecule has 1 aliphatic heterocycles. The van der Waals surface area contributed by atoms with Crippen LogP contribution in [0.25, 0.3) is 0 Å². The van der Waals surface area contributed by atoms with Crippen molar-refractivity contribution in [3.05, 3.63) is 68.7 Å². The van der Waals surface area contributed by atoms with Crippen molar-refractivity contribution in [1.82, 2.24) is 0 Å². The van der Waals surface area contributed by atoms with Gasteiger partial charge in [0.2, 0.25) is 0 Å². The lowest BCUT2D eigenvalue weighted by atomic mass is 9.86. The van der Waals surface area contributed by atoms with Crippen molar-refractivity contribution < 1.29 is 27.0 Å². The van der Waals surface area contributed by atoms with Crippen LogP contribution in [0.4, 0.5) is 13.2 Å². The molecule has 1 aliphatic rings. The Morgan fingerprint density at radius 3 is 2.34 bits per heavy atom. The van der Waals surface area contributed by atoms with E-state index in [1.165, 1.54) is 18.2 Å². The fourth-order valence-corrected chi connectivity index (χ4v) is 6.12. The molecule has 1 amide bonds. The number of carbonyl (C=O) groups is 1. The van der Waals surface area contributed by atoms with Crippen molar-refractivity contribution in [2.75, 3.05) is 5.75 Å². The van der Waals surface area contributed by atoms with E-state index in [1.54, 1.807) is 26.8 Å². The number of carbonyl (C=O) groups excluding carboxylic acids is 1. The summed E-state index contributed by atoms with van der Waals surface area (Å²) >= 11 is 11.9. The monoisotopic (exact) mass is 548 g/mol. The molecule has 0 bridgehead atoms. The second kappa shape index (κ2) is 10.1. The van der Waals surface area contributed by atoms with Gasteiger partial charge in [-0.3, -0.25) is 4.79 Å². The van der Waals surface area contributed by atoms with Crippen LogP contribution in [0, 0.1) is 6.92 Å². The molecule has 11 heteroatoms. The molecule has 2 aromatic rings. The molecule has 3 unspecified atom stereocenters. The molecule has 2 aromatic carbocycles. The number of alkyl halides is 3. The second-order valence-corrected chi connectivity index (χ2v) is 12.2. The highest BCUT2D eigenvalue weighted by Gasteiger charge is 2.62. The number of hydrogen-bond acceptors (Lipinski definition) is 4. The lowest BCUT2D eigenvalue weighted by molar-refractivity contribution is -0.275. The van der Waals surface area contributed by atoms with E-state index in [0.29, 0.717) is 17.5 Å². The Hall–Kier alpha value is -2.10. The molecule has 1 heterocycles. The first-order valence-electron chi connectivity index (χ1n) is 10.9. The third-order valence-corrected chi connectivity index (χ3v) is 9.49. The van der Waals surface area contributed by atoms with Crippen LogP contribution in [0.2, 0.25) is 10.0 Å². The van der Waals surface area contributed by atoms with Crippen molar-refractivity contribution in [1.29, 1.82) is 0 Å². The van der Waals surface area contributed by atoms with Crippen molar-refractivity contribution in [3.63, 3.8) is 0 Å². The third kappa shape index (κ3) is 5.37. The summed E-state index contributed by atoms with van der Waals surface area (Å²) < 4.78 is 59.7. The zero-order valence-corrected chi connectivity index (χ0v) is 21.9. The molecule has 0 N–H and O–H groups in total. The largest absolute Gasteiger partial charge is 0.435 e. The highest BCUT2D eigenvalue weighted by atomic mass is 35.5. The fourth-order valence-electron chi connectivity index (χ4n) is 3.82. The Morgan fingerprint density at radius 2 is 1.83 bits per heavy atom. The number of halogens is 5. The normalized spacial score (nSPS) is 20.5. The fraction of sp³-hybridized carbons (Fsp3) is 0.417. The number of benzene rings is 2. The van der Waals surface area contributed by atoms with Crippen LogP contribution in [0.1, 0.15) is 60.7 Å². The van der Waals surface area contributed by atoms with Gasteiger partial charge in [-0.2, -0.15) is 17.5 Å². The predicted octanol–water partition coefficient (Wildman–Crippen LogP) is 7.31. The van der Waals surface area contributed by atoms with E-state index in [-0.39, 0.29) is 37.9 Å². The topological polar surface area (TPSA) is 68.1 Å². The maximum Gasteiger partial charge on any atom is 0.435 e. The minimum Gasteiger partial charge on any atom is -0.374 e. The first-order chi connectivity index (χ1) is 16.3. The molecule has 190 valence electrons. The van der Waals surface area contributed by atoms with Crippen LogP contribution >= 0.6 is 23.2 Å².